The molecule has 0 spiro atoms. The highest BCUT2D eigenvalue weighted by molar-refractivity contribution is 5.53. The summed E-state index contributed by atoms with van der Waals surface area (Å²) in [5.41, 5.74) is 1.24. The van der Waals surface area contributed by atoms with Crippen molar-refractivity contribution in [2.75, 3.05) is 0 Å². The Labute approximate surface area is 79.9 Å². The lowest BCUT2D eigenvalue weighted by Crippen LogP contribution is -2.25. The second kappa shape index (κ2) is 4.66. The largest absolute Gasteiger partial charge is 0.0988 e. The van der Waals surface area contributed by atoms with Gasteiger partial charge in [0.25, 0.3) is 0 Å². The molecule has 0 atom stereocenters. The molecule has 0 nitrogen and oxygen atoms in total. The highest BCUT2D eigenvalue weighted by Crippen LogP contribution is 1.88. The normalized spacial score (nSPS) is 14.2. The smallest absolute Gasteiger partial charge is 0.0158 e. The van der Waals surface area contributed by atoms with Crippen LogP contribution in [0.1, 0.15) is 20.3 Å². The summed E-state index contributed by atoms with van der Waals surface area (Å²) in [6, 6.07) is 8.42. The van der Waals surface area contributed by atoms with Crippen LogP contribution in [0.3, 0.4) is 0 Å². The molecule has 0 heterocycles. The van der Waals surface area contributed by atoms with E-state index in [0.717, 1.165) is 6.42 Å². The fourth-order valence-electron chi connectivity index (χ4n) is 1.36. The van der Waals surface area contributed by atoms with Gasteiger partial charge in [-0.2, -0.15) is 0 Å². The molecule has 0 N–H and O–H groups in total. The van der Waals surface area contributed by atoms with Crippen LogP contribution in [0.2, 0.25) is 0 Å². The van der Waals surface area contributed by atoms with Crippen LogP contribution in [-0.2, 0) is 0 Å². The summed E-state index contributed by atoms with van der Waals surface area (Å²) in [4.78, 5) is 0. The Kier molecular flexibility index (Phi) is 3.51. The summed E-state index contributed by atoms with van der Waals surface area (Å²) in [6.45, 7) is 8.03. The molecule has 0 radical (unpaired) electrons. The lowest BCUT2D eigenvalue weighted by molar-refractivity contribution is 1.28. The van der Waals surface area contributed by atoms with Crippen molar-refractivity contribution in [1.82, 2.24) is 0 Å². The average Bonchev–Trinajstić information content (AvgIpc) is 2.18. The zero-order chi connectivity index (χ0) is 9.68. The third-order valence-electron chi connectivity index (χ3n) is 2.12. The Balaban J connectivity index is 3.55. The standard InChI is InChI=1S/C13H16/c1-4-8-12-9-6-7-10-13(12)11(3)5-2/h5-10H,2,4H2,1,3H3/b12-8-,13-11-. The molecular weight excluding hydrogens is 156 g/mol. The molecule has 68 valence electrons. The van der Waals surface area contributed by atoms with Gasteiger partial charge in [0.2, 0.25) is 0 Å². The van der Waals surface area contributed by atoms with E-state index >= 15 is 0 Å². The lowest BCUT2D eigenvalue weighted by atomic mass is 10.1. The van der Waals surface area contributed by atoms with Crippen molar-refractivity contribution >= 4 is 11.6 Å². The van der Waals surface area contributed by atoms with Gasteiger partial charge in [0, 0.05) is 0 Å². The summed E-state index contributed by atoms with van der Waals surface area (Å²) in [6.07, 6.45) is 5.21. The first-order chi connectivity index (χ1) is 6.29. The van der Waals surface area contributed by atoms with Gasteiger partial charge in [-0.1, -0.05) is 49.9 Å². The van der Waals surface area contributed by atoms with E-state index in [1.807, 2.05) is 6.08 Å². The van der Waals surface area contributed by atoms with Crippen LogP contribution in [0, 0.1) is 0 Å². The molecule has 0 fully saturated rings. The van der Waals surface area contributed by atoms with Crippen molar-refractivity contribution < 1.29 is 0 Å². The van der Waals surface area contributed by atoms with Crippen LogP contribution in [0.4, 0.5) is 0 Å². The van der Waals surface area contributed by atoms with E-state index < -0.39 is 0 Å². The van der Waals surface area contributed by atoms with E-state index in [4.69, 9.17) is 0 Å². The molecule has 0 aliphatic rings. The van der Waals surface area contributed by atoms with Crippen molar-refractivity contribution in [3.05, 3.63) is 47.4 Å². The first kappa shape index (κ1) is 9.79. The van der Waals surface area contributed by atoms with Gasteiger partial charge in [0.15, 0.2) is 0 Å². The molecule has 0 aliphatic heterocycles. The molecular formula is C13H16. The van der Waals surface area contributed by atoms with E-state index in [2.05, 4.69) is 50.8 Å². The topological polar surface area (TPSA) is 0 Å². The van der Waals surface area contributed by atoms with E-state index in [1.165, 1.54) is 16.0 Å². The van der Waals surface area contributed by atoms with Gasteiger partial charge >= 0.3 is 0 Å². The predicted octanol–water partition coefficient (Wildman–Crippen LogP) is 2.23. The zero-order valence-electron chi connectivity index (χ0n) is 8.38. The second-order valence-electron chi connectivity index (χ2n) is 3.09. The van der Waals surface area contributed by atoms with Crippen molar-refractivity contribution in [1.29, 1.82) is 0 Å². The Morgan fingerprint density at radius 2 is 2.08 bits per heavy atom. The Morgan fingerprint density at radius 3 is 2.69 bits per heavy atom. The maximum Gasteiger partial charge on any atom is -0.0158 e. The molecule has 0 aliphatic carbocycles. The number of hydrogen-bond donors (Lipinski definition) is 0. The lowest BCUT2D eigenvalue weighted by Gasteiger charge is -1.93. The van der Waals surface area contributed by atoms with Crippen LogP contribution in [0.25, 0.3) is 11.6 Å². The highest BCUT2D eigenvalue weighted by atomic mass is 13.9. The molecule has 0 heteroatoms. The fourth-order valence-corrected chi connectivity index (χ4v) is 1.36. The molecule has 0 amide bonds. The molecule has 0 bridgehead atoms. The van der Waals surface area contributed by atoms with Crippen molar-refractivity contribution in [3.8, 4) is 0 Å². The van der Waals surface area contributed by atoms with Gasteiger partial charge in [0.1, 0.15) is 0 Å². The second-order valence-corrected chi connectivity index (χ2v) is 3.09. The summed E-state index contributed by atoms with van der Waals surface area (Å²) >= 11 is 0. The Hall–Kier alpha value is -1.30. The van der Waals surface area contributed by atoms with E-state index in [1.54, 1.807) is 0 Å². The van der Waals surface area contributed by atoms with Crippen LogP contribution in [-0.4, -0.2) is 0 Å². The fraction of sp³-hybridized carbons (Fsp3) is 0.231. The third kappa shape index (κ3) is 2.32. The van der Waals surface area contributed by atoms with Crippen LogP contribution < -0.4 is 10.4 Å². The minimum atomic E-state index is 1.07. The maximum atomic E-state index is 3.79. The van der Waals surface area contributed by atoms with E-state index in [-0.39, 0.29) is 0 Å². The van der Waals surface area contributed by atoms with Gasteiger partial charge in [-0.3, -0.25) is 0 Å². The van der Waals surface area contributed by atoms with Crippen LogP contribution in [0.15, 0.2) is 36.9 Å². The predicted molar refractivity (Wildman–Crippen MR) is 59.7 cm³/mol. The van der Waals surface area contributed by atoms with Crippen molar-refractivity contribution in [2.45, 2.75) is 20.3 Å². The molecule has 1 aromatic carbocycles. The Morgan fingerprint density at radius 1 is 1.38 bits per heavy atom. The number of rotatable bonds is 2. The monoisotopic (exact) mass is 172 g/mol. The first-order valence-corrected chi connectivity index (χ1v) is 4.68. The molecule has 0 saturated heterocycles. The molecule has 0 aromatic heterocycles. The first-order valence-electron chi connectivity index (χ1n) is 4.68. The number of benzene rings is 1. The SMILES string of the molecule is C=C/C(C)=c1/cccc/c1=C/CC. The minimum Gasteiger partial charge on any atom is -0.0988 e. The van der Waals surface area contributed by atoms with Gasteiger partial charge in [-0.25, -0.2) is 0 Å². The summed E-state index contributed by atoms with van der Waals surface area (Å²) in [5.74, 6) is 0. The Bertz CT molecular complexity index is 396. The van der Waals surface area contributed by atoms with E-state index in [0.29, 0.717) is 0 Å². The molecule has 1 aromatic rings. The quantitative estimate of drug-likeness (QED) is 0.641. The number of hydrogen-bond acceptors (Lipinski definition) is 0. The summed E-state index contributed by atoms with van der Waals surface area (Å²) in [7, 11) is 0. The van der Waals surface area contributed by atoms with Gasteiger partial charge in [0.05, 0.1) is 0 Å². The minimum absolute atomic E-state index is 1.07. The average molecular weight is 172 g/mol. The van der Waals surface area contributed by atoms with Crippen LogP contribution in [0.5, 0.6) is 0 Å². The summed E-state index contributed by atoms with van der Waals surface area (Å²) < 4.78 is 0. The van der Waals surface area contributed by atoms with Gasteiger partial charge < -0.3 is 0 Å². The van der Waals surface area contributed by atoms with Gasteiger partial charge in [-0.05, 0) is 29.4 Å². The maximum absolute atomic E-state index is 3.79. The van der Waals surface area contributed by atoms with Crippen molar-refractivity contribution in [2.24, 2.45) is 0 Å². The van der Waals surface area contributed by atoms with E-state index in [9.17, 15) is 0 Å². The zero-order valence-corrected chi connectivity index (χ0v) is 8.38. The van der Waals surface area contributed by atoms with Crippen LogP contribution >= 0.6 is 0 Å². The van der Waals surface area contributed by atoms with Gasteiger partial charge in [-0.15, -0.1) is 0 Å². The number of allylic oxidation sites excluding steroid dienone is 1. The highest BCUT2D eigenvalue weighted by Gasteiger charge is 1.86. The molecule has 0 unspecified atom stereocenters. The molecule has 0 saturated carbocycles. The summed E-state index contributed by atoms with van der Waals surface area (Å²) in [5, 5.41) is 2.60. The molecule has 13 heavy (non-hydrogen) atoms. The molecule has 1 rings (SSSR count). The van der Waals surface area contributed by atoms with Crippen molar-refractivity contribution in [3.63, 3.8) is 0 Å². The third-order valence-corrected chi connectivity index (χ3v) is 2.12.